The zero-order valence-corrected chi connectivity index (χ0v) is 17.2. The first-order valence-corrected chi connectivity index (χ1v) is 10.1. The first-order chi connectivity index (χ1) is 13.2. The van der Waals surface area contributed by atoms with Crippen LogP contribution in [0.15, 0.2) is 89.4 Å². The molecule has 1 heterocycles. The predicted molar refractivity (Wildman–Crippen MR) is 122 cm³/mol. The van der Waals surface area contributed by atoms with Gasteiger partial charge in [-0.15, -0.1) is 0 Å². The maximum atomic E-state index is 3.52. The van der Waals surface area contributed by atoms with Crippen molar-refractivity contribution in [1.29, 1.82) is 0 Å². The molecule has 0 aliphatic heterocycles. The Bertz CT molecular complexity index is 1160. The fourth-order valence-electron chi connectivity index (χ4n) is 3.61. The Morgan fingerprint density at radius 2 is 1.59 bits per heavy atom. The fraction of sp³-hybridized carbons (Fsp3) is 0.120. The van der Waals surface area contributed by atoms with E-state index in [1.54, 1.807) is 0 Å². The minimum Gasteiger partial charge on any atom is -0.310 e. The molecule has 1 aromatic heterocycles. The van der Waals surface area contributed by atoms with E-state index in [0.29, 0.717) is 0 Å². The Labute approximate surface area is 168 Å². The van der Waals surface area contributed by atoms with Gasteiger partial charge in [0, 0.05) is 20.9 Å². The van der Waals surface area contributed by atoms with E-state index in [1.807, 2.05) is 0 Å². The monoisotopic (exact) mass is 415 g/mol. The van der Waals surface area contributed by atoms with Crippen molar-refractivity contribution in [1.82, 2.24) is 4.57 Å². The number of nitrogens with zero attached hydrogens (tertiary/aromatic N) is 1. The van der Waals surface area contributed by atoms with Crippen LogP contribution in [0.2, 0.25) is 0 Å². The quantitative estimate of drug-likeness (QED) is 0.297. The number of rotatable bonds is 4. The molecule has 0 aliphatic rings. The van der Waals surface area contributed by atoms with Gasteiger partial charge in [0.15, 0.2) is 0 Å². The molecule has 0 amide bonds. The van der Waals surface area contributed by atoms with E-state index in [9.17, 15) is 0 Å². The van der Waals surface area contributed by atoms with Crippen LogP contribution in [0.3, 0.4) is 0 Å². The van der Waals surface area contributed by atoms with Gasteiger partial charge in [-0.3, -0.25) is 0 Å². The van der Waals surface area contributed by atoms with Gasteiger partial charge in [0.1, 0.15) is 0 Å². The summed E-state index contributed by atoms with van der Waals surface area (Å²) in [5.74, 6) is 0. The lowest BCUT2D eigenvalue weighted by atomic mass is 10.0. The molecule has 0 saturated carbocycles. The van der Waals surface area contributed by atoms with Gasteiger partial charge in [0.2, 0.25) is 0 Å². The lowest BCUT2D eigenvalue weighted by molar-refractivity contribution is 1.19. The average Bonchev–Trinajstić information content (AvgIpc) is 3.03. The minimum absolute atomic E-state index is 1.03. The molecule has 0 radical (unpaired) electrons. The summed E-state index contributed by atoms with van der Waals surface area (Å²) >= 11 is 3.52. The summed E-state index contributed by atoms with van der Waals surface area (Å²) in [6, 6.07) is 23.9. The second-order valence-corrected chi connectivity index (χ2v) is 7.53. The van der Waals surface area contributed by atoms with Crippen LogP contribution in [0.25, 0.3) is 38.6 Å². The Balaban J connectivity index is 1.99. The number of hydrogen-bond acceptors (Lipinski definition) is 0. The highest BCUT2D eigenvalue weighted by Crippen LogP contribution is 2.35. The van der Waals surface area contributed by atoms with Crippen LogP contribution in [0.5, 0.6) is 0 Å². The largest absolute Gasteiger partial charge is 0.310 e. The lowest BCUT2D eigenvalue weighted by Crippen LogP contribution is -1.94. The normalized spacial score (nSPS) is 12.5. The first-order valence-electron chi connectivity index (χ1n) is 9.35. The van der Waals surface area contributed by atoms with Gasteiger partial charge in [0.05, 0.1) is 11.0 Å². The van der Waals surface area contributed by atoms with Gasteiger partial charge in [-0.2, -0.15) is 0 Å². The molecule has 0 unspecified atom stereocenters. The van der Waals surface area contributed by atoms with Crippen LogP contribution >= 0.6 is 15.9 Å². The number of aromatic nitrogens is 1. The van der Waals surface area contributed by atoms with Crippen LogP contribution in [-0.4, -0.2) is 4.57 Å². The molecule has 0 aliphatic carbocycles. The van der Waals surface area contributed by atoms with Crippen molar-refractivity contribution in [2.75, 3.05) is 0 Å². The summed E-state index contributed by atoms with van der Waals surface area (Å²) in [5, 5.41) is 2.57. The Hall–Kier alpha value is -2.58. The molecule has 0 saturated heterocycles. The molecule has 134 valence electrons. The summed E-state index contributed by atoms with van der Waals surface area (Å²) in [5.41, 5.74) is 6.16. The molecule has 2 heteroatoms. The molecule has 0 N–H and O–H groups in total. The molecule has 3 aromatic carbocycles. The van der Waals surface area contributed by atoms with E-state index in [4.69, 9.17) is 0 Å². The van der Waals surface area contributed by atoms with E-state index < -0.39 is 0 Å². The molecule has 0 spiro atoms. The van der Waals surface area contributed by atoms with Crippen molar-refractivity contribution in [2.24, 2.45) is 0 Å². The maximum Gasteiger partial charge on any atom is 0.0541 e. The number of fused-ring (bicyclic) bond motifs is 3. The molecule has 0 bridgehead atoms. The van der Waals surface area contributed by atoms with E-state index >= 15 is 0 Å². The number of allylic oxidation sites excluding steroid dienone is 4. The SMILES string of the molecule is C/C=C(\C=C/CC)n1c2ccccc2c2cc(-c3ccc(Br)cc3)ccc21. The van der Waals surface area contributed by atoms with Crippen LogP contribution < -0.4 is 0 Å². The second kappa shape index (κ2) is 7.58. The predicted octanol–water partition coefficient (Wildman–Crippen LogP) is 8.05. The molecule has 0 atom stereocenters. The second-order valence-electron chi connectivity index (χ2n) is 6.62. The van der Waals surface area contributed by atoms with Gasteiger partial charge in [-0.1, -0.05) is 71.4 Å². The summed E-state index contributed by atoms with van der Waals surface area (Å²) in [7, 11) is 0. The van der Waals surface area contributed by atoms with Crippen molar-refractivity contribution in [2.45, 2.75) is 20.3 Å². The fourth-order valence-corrected chi connectivity index (χ4v) is 3.88. The minimum atomic E-state index is 1.03. The molecule has 4 rings (SSSR count). The third-order valence-electron chi connectivity index (χ3n) is 4.93. The van der Waals surface area contributed by atoms with E-state index in [1.165, 1.54) is 38.6 Å². The Morgan fingerprint density at radius 1 is 0.889 bits per heavy atom. The summed E-state index contributed by atoms with van der Waals surface area (Å²) < 4.78 is 3.46. The van der Waals surface area contributed by atoms with E-state index in [-0.39, 0.29) is 0 Å². The van der Waals surface area contributed by atoms with Crippen LogP contribution in [-0.2, 0) is 0 Å². The zero-order valence-electron chi connectivity index (χ0n) is 15.6. The van der Waals surface area contributed by atoms with E-state index in [0.717, 1.165) is 10.9 Å². The standard InChI is InChI=1S/C25H22BrN/c1-3-5-8-21(4-2)27-24-10-7-6-9-22(24)23-17-19(13-16-25(23)27)18-11-14-20(26)15-12-18/h4-17H,3H2,1-2H3/b8-5-,21-4+. The van der Waals surface area contributed by atoms with Crippen molar-refractivity contribution < 1.29 is 0 Å². The van der Waals surface area contributed by atoms with E-state index in [2.05, 4.69) is 119 Å². The topological polar surface area (TPSA) is 4.93 Å². The Kier molecular flexibility index (Phi) is 5.00. The van der Waals surface area contributed by atoms with Crippen LogP contribution in [0, 0.1) is 0 Å². The molecule has 4 aromatic rings. The van der Waals surface area contributed by atoms with Gasteiger partial charge in [-0.05, 0) is 60.9 Å². The number of benzene rings is 3. The number of para-hydroxylation sites is 1. The molecule has 1 nitrogen and oxygen atoms in total. The number of halogens is 1. The highest BCUT2D eigenvalue weighted by molar-refractivity contribution is 9.10. The van der Waals surface area contributed by atoms with Crippen molar-refractivity contribution in [3.05, 3.63) is 89.4 Å². The third-order valence-corrected chi connectivity index (χ3v) is 5.46. The number of hydrogen-bond donors (Lipinski definition) is 0. The summed E-state index contributed by atoms with van der Waals surface area (Å²) in [4.78, 5) is 0. The van der Waals surface area contributed by atoms with Gasteiger partial charge < -0.3 is 4.57 Å². The third kappa shape index (κ3) is 3.26. The summed E-state index contributed by atoms with van der Waals surface area (Å²) in [6.07, 6.45) is 7.64. The van der Waals surface area contributed by atoms with Gasteiger partial charge in [-0.25, -0.2) is 0 Å². The molecular weight excluding hydrogens is 394 g/mol. The van der Waals surface area contributed by atoms with Crippen molar-refractivity contribution in [3.63, 3.8) is 0 Å². The maximum absolute atomic E-state index is 3.52. The van der Waals surface area contributed by atoms with Crippen molar-refractivity contribution >= 4 is 43.4 Å². The average molecular weight is 416 g/mol. The molecule has 27 heavy (non-hydrogen) atoms. The zero-order chi connectivity index (χ0) is 18.8. The first kappa shape index (κ1) is 17.8. The summed E-state index contributed by atoms with van der Waals surface area (Å²) in [6.45, 7) is 4.27. The van der Waals surface area contributed by atoms with Gasteiger partial charge >= 0.3 is 0 Å². The smallest absolute Gasteiger partial charge is 0.0541 e. The van der Waals surface area contributed by atoms with Crippen molar-refractivity contribution in [3.8, 4) is 11.1 Å². The highest BCUT2D eigenvalue weighted by atomic mass is 79.9. The molecule has 0 fully saturated rings. The Morgan fingerprint density at radius 3 is 2.33 bits per heavy atom. The van der Waals surface area contributed by atoms with Crippen LogP contribution in [0.4, 0.5) is 0 Å². The lowest BCUT2D eigenvalue weighted by Gasteiger charge is -2.09. The molecular formula is C25H22BrN. The highest BCUT2D eigenvalue weighted by Gasteiger charge is 2.13. The van der Waals surface area contributed by atoms with Gasteiger partial charge in [0.25, 0.3) is 0 Å². The van der Waals surface area contributed by atoms with Crippen LogP contribution in [0.1, 0.15) is 20.3 Å².